The lowest BCUT2D eigenvalue weighted by Crippen LogP contribution is -2.28. The molecule has 88 valence electrons. The molecule has 0 amide bonds. The van der Waals surface area contributed by atoms with Gasteiger partial charge < -0.3 is 4.90 Å². The van der Waals surface area contributed by atoms with Crippen molar-refractivity contribution in [2.45, 2.75) is 58.3 Å². The fourth-order valence-electron chi connectivity index (χ4n) is 3.46. The predicted octanol–water partition coefficient (Wildman–Crippen LogP) is 3.69. The maximum atomic E-state index is 2.75. The average Bonchev–Trinajstić information content (AvgIpc) is 2.68. The summed E-state index contributed by atoms with van der Waals surface area (Å²) >= 11 is 0. The van der Waals surface area contributed by atoms with Gasteiger partial charge in [-0.2, -0.15) is 0 Å². The van der Waals surface area contributed by atoms with Crippen LogP contribution in [0.5, 0.6) is 0 Å². The minimum atomic E-state index is 1.03. The first-order chi connectivity index (χ1) is 7.38. The number of likely N-dealkylation sites (tertiary alicyclic amines) is 1. The van der Waals surface area contributed by atoms with Gasteiger partial charge >= 0.3 is 0 Å². The fourth-order valence-corrected chi connectivity index (χ4v) is 3.46. The molecule has 1 heterocycles. The van der Waals surface area contributed by atoms with Gasteiger partial charge in [-0.05, 0) is 44.1 Å². The number of hydrogen-bond acceptors (Lipinski definition) is 1. The highest BCUT2D eigenvalue weighted by molar-refractivity contribution is 4.78. The first kappa shape index (κ1) is 11.4. The zero-order valence-electron chi connectivity index (χ0n) is 10.4. The highest BCUT2D eigenvalue weighted by Gasteiger charge is 2.24. The smallest absolute Gasteiger partial charge is 0.00102 e. The number of hydrogen-bond donors (Lipinski definition) is 0. The standard InChI is InChI=1S/C14H27N/c1-2-6-13-9-10-15(11-13)12-14-7-4-3-5-8-14/h13-14H,2-12H2,1H3. The topological polar surface area (TPSA) is 3.24 Å². The summed E-state index contributed by atoms with van der Waals surface area (Å²) in [6.45, 7) is 6.54. The van der Waals surface area contributed by atoms with Crippen molar-refractivity contribution in [2.75, 3.05) is 19.6 Å². The molecule has 1 saturated carbocycles. The largest absolute Gasteiger partial charge is 0.303 e. The van der Waals surface area contributed by atoms with Crippen molar-refractivity contribution in [3.05, 3.63) is 0 Å². The van der Waals surface area contributed by atoms with Gasteiger partial charge in [-0.25, -0.2) is 0 Å². The zero-order chi connectivity index (χ0) is 10.5. The summed E-state index contributed by atoms with van der Waals surface area (Å²) in [5, 5.41) is 0. The summed E-state index contributed by atoms with van der Waals surface area (Å²) < 4.78 is 0. The lowest BCUT2D eigenvalue weighted by molar-refractivity contribution is 0.227. The SMILES string of the molecule is CCCC1CCN(CC2CCCCC2)C1. The fraction of sp³-hybridized carbons (Fsp3) is 1.00. The minimum Gasteiger partial charge on any atom is -0.303 e. The Morgan fingerprint density at radius 1 is 1.00 bits per heavy atom. The van der Waals surface area contributed by atoms with Gasteiger partial charge in [0.2, 0.25) is 0 Å². The van der Waals surface area contributed by atoms with Crippen LogP contribution < -0.4 is 0 Å². The summed E-state index contributed by atoms with van der Waals surface area (Å²) in [6.07, 6.45) is 11.8. The Bertz CT molecular complexity index is 172. The predicted molar refractivity (Wildman–Crippen MR) is 66.0 cm³/mol. The van der Waals surface area contributed by atoms with Gasteiger partial charge in [0.05, 0.1) is 0 Å². The molecule has 15 heavy (non-hydrogen) atoms. The maximum absolute atomic E-state index is 2.75. The molecule has 2 rings (SSSR count). The van der Waals surface area contributed by atoms with Crippen molar-refractivity contribution < 1.29 is 0 Å². The van der Waals surface area contributed by atoms with Crippen molar-refractivity contribution in [3.63, 3.8) is 0 Å². The Morgan fingerprint density at radius 2 is 1.80 bits per heavy atom. The monoisotopic (exact) mass is 209 g/mol. The van der Waals surface area contributed by atoms with Crippen molar-refractivity contribution >= 4 is 0 Å². The van der Waals surface area contributed by atoms with Gasteiger partial charge in [-0.1, -0.05) is 32.6 Å². The Kier molecular flexibility index (Phi) is 4.49. The van der Waals surface area contributed by atoms with Gasteiger partial charge in [-0.3, -0.25) is 0 Å². The van der Waals surface area contributed by atoms with Crippen molar-refractivity contribution in [2.24, 2.45) is 11.8 Å². The minimum absolute atomic E-state index is 1.03. The van der Waals surface area contributed by atoms with Crippen molar-refractivity contribution in [1.29, 1.82) is 0 Å². The van der Waals surface area contributed by atoms with E-state index < -0.39 is 0 Å². The second kappa shape index (κ2) is 5.89. The third-order valence-electron chi connectivity index (χ3n) is 4.31. The quantitative estimate of drug-likeness (QED) is 0.682. The molecule has 1 unspecified atom stereocenters. The molecule has 2 fully saturated rings. The van der Waals surface area contributed by atoms with E-state index in [0.717, 1.165) is 11.8 Å². The lowest BCUT2D eigenvalue weighted by atomic mass is 9.89. The highest BCUT2D eigenvalue weighted by atomic mass is 15.1. The first-order valence-electron chi connectivity index (χ1n) is 7.11. The molecule has 1 nitrogen and oxygen atoms in total. The van der Waals surface area contributed by atoms with Crippen LogP contribution in [0, 0.1) is 11.8 Å². The van der Waals surface area contributed by atoms with E-state index >= 15 is 0 Å². The summed E-state index contributed by atoms with van der Waals surface area (Å²) in [5.41, 5.74) is 0. The van der Waals surface area contributed by atoms with E-state index in [9.17, 15) is 0 Å². The molecule has 1 heteroatoms. The Morgan fingerprint density at radius 3 is 2.53 bits per heavy atom. The second-order valence-corrected chi connectivity index (χ2v) is 5.71. The van der Waals surface area contributed by atoms with Crippen LogP contribution >= 0.6 is 0 Å². The molecule has 0 aromatic carbocycles. The Balaban J connectivity index is 1.67. The summed E-state index contributed by atoms with van der Waals surface area (Å²) in [4.78, 5) is 2.75. The zero-order valence-corrected chi connectivity index (χ0v) is 10.4. The van der Waals surface area contributed by atoms with Gasteiger partial charge in [0.1, 0.15) is 0 Å². The van der Waals surface area contributed by atoms with Gasteiger partial charge in [0.15, 0.2) is 0 Å². The van der Waals surface area contributed by atoms with E-state index in [1.165, 1.54) is 71.0 Å². The highest BCUT2D eigenvalue weighted by Crippen LogP contribution is 2.27. The third kappa shape index (κ3) is 3.48. The van der Waals surface area contributed by atoms with Gasteiger partial charge in [0.25, 0.3) is 0 Å². The van der Waals surface area contributed by atoms with Crippen LogP contribution in [0.15, 0.2) is 0 Å². The summed E-state index contributed by atoms with van der Waals surface area (Å²) in [5.74, 6) is 2.07. The van der Waals surface area contributed by atoms with Crippen molar-refractivity contribution in [3.8, 4) is 0 Å². The van der Waals surface area contributed by atoms with E-state index in [2.05, 4.69) is 11.8 Å². The van der Waals surface area contributed by atoms with E-state index in [0.29, 0.717) is 0 Å². The third-order valence-corrected chi connectivity index (χ3v) is 4.31. The van der Waals surface area contributed by atoms with E-state index in [1.54, 1.807) is 0 Å². The molecule has 2 aliphatic rings. The molecule has 0 radical (unpaired) electrons. The molecule has 1 saturated heterocycles. The van der Waals surface area contributed by atoms with Crippen LogP contribution in [0.2, 0.25) is 0 Å². The molecular formula is C14H27N. The van der Waals surface area contributed by atoms with Crippen LogP contribution in [0.3, 0.4) is 0 Å². The maximum Gasteiger partial charge on any atom is 0.00102 e. The molecule has 0 N–H and O–H groups in total. The van der Waals surface area contributed by atoms with Crippen LogP contribution in [0.25, 0.3) is 0 Å². The van der Waals surface area contributed by atoms with Crippen molar-refractivity contribution in [1.82, 2.24) is 4.90 Å². The average molecular weight is 209 g/mol. The lowest BCUT2D eigenvalue weighted by Gasteiger charge is -2.26. The summed E-state index contributed by atoms with van der Waals surface area (Å²) in [7, 11) is 0. The second-order valence-electron chi connectivity index (χ2n) is 5.71. The molecule has 0 spiro atoms. The van der Waals surface area contributed by atoms with E-state index in [-0.39, 0.29) is 0 Å². The molecule has 1 aliphatic heterocycles. The molecule has 1 atom stereocenters. The van der Waals surface area contributed by atoms with Gasteiger partial charge in [0, 0.05) is 13.1 Å². The molecule has 0 aromatic rings. The molecule has 0 aromatic heterocycles. The van der Waals surface area contributed by atoms with E-state index in [4.69, 9.17) is 0 Å². The first-order valence-corrected chi connectivity index (χ1v) is 7.11. The molecule has 1 aliphatic carbocycles. The number of nitrogens with zero attached hydrogens (tertiary/aromatic N) is 1. The Hall–Kier alpha value is -0.0400. The molecule has 0 bridgehead atoms. The van der Waals surface area contributed by atoms with Gasteiger partial charge in [-0.15, -0.1) is 0 Å². The van der Waals surface area contributed by atoms with Crippen LogP contribution in [-0.2, 0) is 0 Å². The number of rotatable bonds is 4. The van der Waals surface area contributed by atoms with Crippen LogP contribution in [0.4, 0.5) is 0 Å². The van der Waals surface area contributed by atoms with Crippen LogP contribution in [-0.4, -0.2) is 24.5 Å². The van der Waals surface area contributed by atoms with Crippen LogP contribution in [0.1, 0.15) is 58.3 Å². The normalized spacial score (nSPS) is 29.8. The Labute approximate surface area is 95.2 Å². The molecular weight excluding hydrogens is 182 g/mol. The van der Waals surface area contributed by atoms with E-state index in [1.807, 2.05) is 0 Å². The summed E-state index contributed by atoms with van der Waals surface area (Å²) in [6, 6.07) is 0.